The number of thiazole rings is 1. The third kappa shape index (κ3) is 2.31. The molecule has 5 nitrogen and oxygen atoms in total. The monoisotopic (exact) mass is 304 g/mol. The van der Waals surface area contributed by atoms with E-state index in [9.17, 15) is 4.79 Å². The summed E-state index contributed by atoms with van der Waals surface area (Å²) in [6.45, 7) is 7.28. The average molecular weight is 304 g/mol. The summed E-state index contributed by atoms with van der Waals surface area (Å²) in [6, 6.07) is 1.70. The van der Waals surface area contributed by atoms with E-state index in [2.05, 4.69) is 15.2 Å². The van der Waals surface area contributed by atoms with E-state index in [-0.39, 0.29) is 5.56 Å². The lowest BCUT2D eigenvalue weighted by atomic mass is 9.87. The maximum atomic E-state index is 12.2. The molecule has 2 fully saturated rings. The lowest BCUT2D eigenvalue weighted by Crippen LogP contribution is -2.29. The van der Waals surface area contributed by atoms with Gasteiger partial charge in [-0.2, -0.15) is 0 Å². The predicted octanol–water partition coefficient (Wildman–Crippen LogP) is 1.25. The molecule has 2 aromatic rings. The molecule has 4 heterocycles. The molecular weight excluding hydrogens is 284 g/mol. The van der Waals surface area contributed by atoms with E-state index in [0.717, 1.165) is 49.1 Å². The van der Waals surface area contributed by atoms with Gasteiger partial charge in [0.15, 0.2) is 4.96 Å². The highest BCUT2D eigenvalue weighted by Gasteiger charge is 2.40. The van der Waals surface area contributed by atoms with Gasteiger partial charge in [-0.3, -0.25) is 14.1 Å². The normalized spacial score (nSPS) is 26.3. The molecule has 21 heavy (non-hydrogen) atoms. The Morgan fingerprint density at radius 1 is 1.48 bits per heavy atom. The minimum Gasteiger partial charge on any atom is -0.316 e. The molecule has 1 N–H and O–H groups in total. The van der Waals surface area contributed by atoms with Crippen molar-refractivity contribution in [1.82, 2.24) is 19.6 Å². The van der Waals surface area contributed by atoms with Crippen LogP contribution in [0.2, 0.25) is 0 Å². The number of nitrogens with one attached hydrogen (secondary N) is 1. The van der Waals surface area contributed by atoms with Crippen molar-refractivity contribution in [2.45, 2.75) is 26.3 Å². The van der Waals surface area contributed by atoms with Crippen molar-refractivity contribution in [3.63, 3.8) is 0 Å². The first-order chi connectivity index (χ1) is 10.2. The Balaban J connectivity index is 1.56. The number of hydrogen-bond donors (Lipinski definition) is 1. The number of likely N-dealkylation sites (tertiary alicyclic amines) is 1. The molecule has 1 atom stereocenters. The van der Waals surface area contributed by atoms with Crippen molar-refractivity contribution in [2.75, 3.05) is 26.2 Å². The Morgan fingerprint density at radius 2 is 2.38 bits per heavy atom. The molecule has 2 aliphatic heterocycles. The molecule has 2 aliphatic rings. The molecule has 2 saturated heterocycles. The van der Waals surface area contributed by atoms with Gasteiger partial charge >= 0.3 is 0 Å². The van der Waals surface area contributed by atoms with E-state index >= 15 is 0 Å². The van der Waals surface area contributed by atoms with Crippen molar-refractivity contribution < 1.29 is 0 Å². The van der Waals surface area contributed by atoms with Gasteiger partial charge in [0.25, 0.3) is 5.56 Å². The van der Waals surface area contributed by atoms with Gasteiger partial charge in [-0.25, -0.2) is 4.98 Å². The van der Waals surface area contributed by atoms with Crippen LogP contribution in [0.25, 0.3) is 4.96 Å². The van der Waals surface area contributed by atoms with E-state index in [4.69, 9.17) is 0 Å². The van der Waals surface area contributed by atoms with Crippen molar-refractivity contribution in [1.29, 1.82) is 0 Å². The van der Waals surface area contributed by atoms with Crippen LogP contribution in [0.15, 0.2) is 16.2 Å². The maximum Gasteiger partial charge on any atom is 0.259 e. The van der Waals surface area contributed by atoms with Crippen molar-refractivity contribution >= 4 is 16.3 Å². The molecule has 1 unspecified atom stereocenters. The van der Waals surface area contributed by atoms with E-state index in [0.29, 0.717) is 5.41 Å². The molecule has 2 aromatic heterocycles. The molecule has 112 valence electrons. The van der Waals surface area contributed by atoms with Gasteiger partial charge in [0.1, 0.15) is 0 Å². The highest BCUT2D eigenvalue weighted by atomic mass is 32.1. The quantitative estimate of drug-likeness (QED) is 0.907. The summed E-state index contributed by atoms with van der Waals surface area (Å²) in [5.74, 6) is 0. The Kier molecular flexibility index (Phi) is 3.13. The van der Waals surface area contributed by atoms with Crippen molar-refractivity contribution in [3.8, 4) is 0 Å². The summed E-state index contributed by atoms with van der Waals surface area (Å²) in [4.78, 5) is 20.1. The van der Waals surface area contributed by atoms with Gasteiger partial charge in [0, 0.05) is 36.8 Å². The van der Waals surface area contributed by atoms with E-state index in [1.807, 2.05) is 12.3 Å². The smallest absolute Gasteiger partial charge is 0.259 e. The zero-order valence-corrected chi connectivity index (χ0v) is 13.1. The van der Waals surface area contributed by atoms with Crippen LogP contribution in [0.5, 0.6) is 0 Å². The summed E-state index contributed by atoms with van der Waals surface area (Å²) < 4.78 is 1.69. The third-order valence-electron chi connectivity index (χ3n) is 4.86. The summed E-state index contributed by atoms with van der Waals surface area (Å²) in [6.07, 6.45) is 2.54. The highest BCUT2D eigenvalue weighted by Crippen LogP contribution is 2.36. The van der Waals surface area contributed by atoms with Gasteiger partial charge in [-0.15, -0.1) is 11.3 Å². The molecule has 0 aromatic carbocycles. The molecular formula is C15H20N4OS. The fourth-order valence-corrected chi connectivity index (χ4v) is 4.61. The zero-order valence-electron chi connectivity index (χ0n) is 12.3. The topological polar surface area (TPSA) is 49.6 Å². The Labute approximate surface area is 127 Å². The second kappa shape index (κ2) is 4.90. The third-order valence-corrected chi connectivity index (χ3v) is 5.81. The Morgan fingerprint density at radius 3 is 3.19 bits per heavy atom. The molecule has 0 aliphatic carbocycles. The Bertz CT molecular complexity index is 729. The number of fused-ring (bicyclic) bond motifs is 1. The molecule has 6 heteroatoms. The molecule has 0 amide bonds. The van der Waals surface area contributed by atoms with Crippen LogP contribution in [0.3, 0.4) is 0 Å². The minimum atomic E-state index is 0.0465. The van der Waals surface area contributed by atoms with Crippen molar-refractivity contribution in [2.24, 2.45) is 5.41 Å². The first-order valence-electron chi connectivity index (χ1n) is 7.55. The second-order valence-electron chi connectivity index (χ2n) is 6.47. The maximum absolute atomic E-state index is 12.2. The fraction of sp³-hybridized carbons (Fsp3) is 0.600. The van der Waals surface area contributed by atoms with Crippen molar-refractivity contribution in [3.05, 3.63) is 33.2 Å². The standard InChI is InChI=1S/C15H20N4OS/c1-11-8-21-14-17-12(6-13(20)19(11)14)7-18-5-3-15(10-18)2-4-16-9-15/h6,8,16H,2-5,7,9-10H2,1H3. The SMILES string of the molecule is Cc1csc2nc(CN3CCC4(CCNC4)C3)cc(=O)n12. The van der Waals surface area contributed by atoms with E-state index < -0.39 is 0 Å². The van der Waals surface area contributed by atoms with Crippen LogP contribution in [0.1, 0.15) is 24.2 Å². The summed E-state index contributed by atoms with van der Waals surface area (Å²) >= 11 is 1.54. The summed E-state index contributed by atoms with van der Waals surface area (Å²) in [5.41, 5.74) is 2.39. The molecule has 0 radical (unpaired) electrons. The first-order valence-corrected chi connectivity index (χ1v) is 8.43. The average Bonchev–Trinajstić information content (AvgIpc) is 3.14. The number of rotatable bonds is 2. The van der Waals surface area contributed by atoms with Gasteiger partial charge in [-0.1, -0.05) is 0 Å². The minimum absolute atomic E-state index is 0.0465. The van der Waals surface area contributed by atoms with E-state index in [1.54, 1.807) is 21.8 Å². The predicted molar refractivity (Wildman–Crippen MR) is 83.9 cm³/mol. The van der Waals surface area contributed by atoms with Crippen LogP contribution in [-0.4, -0.2) is 40.5 Å². The largest absolute Gasteiger partial charge is 0.316 e. The number of hydrogen-bond acceptors (Lipinski definition) is 5. The first kappa shape index (κ1) is 13.4. The van der Waals surface area contributed by atoms with Gasteiger partial charge in [0.2, 0.25) is 0 Å². The lowest BCUT2D eigenvalue weighted by molar-refractivity contribution is 0.266. The number of aromatic nitrogens is 2. The lowest BCUT2D eigenvalue weighted by Gasteiger charge is -2.22. The van der Waals surface area contributed by atoms with Gasteiger partial charge in [-0.05, 0) is 38.3 Å². The van der Waals surface area contributed by atoms with Crippen LogP contribution < -0.4 is 10.9 Å². The van der Waals surface area contributed by atoms with Crippen LogP contribution in [0.4, 0.5) is 0 Å². The molecule has 0 saturated carbocycles. The van der Waals surface area contributed by atoms with Crippen LogP contribution >= 0.6 is 11.3 Å². The molecule has 1 spiro atoms. The van der Waals surface area contributed by atoms with Crippen LogP contribution in [-0.2, 0) is 6.54 Å². The summed E-state index contributed by atoms with van der Waals surface area (Å²) in [5, 5.41) is 5.47. The van der Waals surface area contributed by atoms with Gasteiger partial charge in [0.05, 0.1) is 5.69 Å². The number of aryl methyl sites for hydroxylation is 1. The highest BCUT2D eigenvalue weighted by molar-refractivity contribution is 7.15. The summed E-state index contributed by atoms with van der Waals surface area (Å²) in [7, 11) is 0. The van der Waals surface area contributed by atoms with Crippen LogP contribution in [0, 0.1) is 12.3 Å². The fourth-order valence-electron chi connectivity index (χ4n) is 3.72. The zero-order chi connectivity index (χ0) is 14.4. The van der Waals surface area contributed by atoms with E-state index in [1.165, 1.54) is 12.8 Å². The molecule has 0 bridgehead atoms. The van der Waals surface area contributed by atoms with Gasteiger partial charge < -0.3 is 5.32 Å². The number of nitrogens with zero attached hydrogens (tertiary/aromatic N) is 3. The molecule has 4 rings (SSSR count). The second-order valence-corrected chi connectivity index (χ2v) is 7.30. The Hall–Kier alpha value is -1.24.